The fourth-order valence-corrected chi connectivity index (χ4v) is 2.41. The van der Waals surface area contributed by atoms with Gasteiger partial charge in [0.25, 0.3) is 0 Å². The number of ether oxygens (including phenoxy) is 1. The lowest BCUT2D eigenvalue weighted by Crippen LogP contribution is -2.29. The Morgan fingerprint density at radius 2 is 2.10 bits per heavy atom. The molecule has 0 aliphatic rings. The number of hydrogen-bond acceptors (Lipinski definition) is 4. The molecule has 0 aliphatic carbocycles. The van der Waals surface area contributed by atoms with Gasteiger partial charge in [-0.15, -0.1) is 0 Å². The summed E-state index contributed by atoms with van der Waals surface area (Å²) in [5, 5.41) is 4.62. The van der Waals surface area contributed by atoms with E-state index in [-0.39, 0.29) is 11.9 Å². The molecule has 0 saturated carbocycles. The Hall–Kier alpha value is -1.36. The molecule has 5 heteroatoms. The Kier molecular flexibility index (Phi) is 6.71. The maximum atomic E-state index is 11.4. The van der Waals surface area contributed by atoms with Crippen molar-refractivity contribution in [1.82, 2.24) is 14.7 Å². The van der Waals surface area contributed by atoms with Crippen LogP contribution < -0.4 is 0 Å². The summed E-state index contributed by atoms with van der Waals surface area (Å²) >= 11 is 0. The molecule has 1 aromatic rings. The molecule has 0 spiro atoms. The van der Waals surface area contributed by atoms with E-state index in [1.54, 1.807) is 0 Å². The number of carbonyl (C=O) groups is 1. The molecule has 20 heavy (non-hydrogen) atoms. The standard InChI is InChI=1S/C15H27N3O2/c1-6-14(7-2)18-9-8-13(16-18)11-17(4)10-12(3)15(19)20-5/h8-9,12,14H,6-7,10-11H2,1-5H3. The average molecular weight is 281 g/mol. The van der Waals surface area contributed by atoms with Crippen LogP contribution in [0.15, 0.2) is 12.3 Å². The minimum Gasteiger partial charge on any atom is -0.469 e. The van der Waals surface area contributed by atoms with Gasteiger partial charge in [0, 0.05) is 19.3 Å². The minimum absolute atomic E-state index is 0.119. The Morgan fingerprint density at radius 3 is 2.65 bits per heavy atom. The van der Waals surface area contributed by atoms with E-state index >= 15 is 0 Å². The first-order valence-electron chi connectivity index (χ1n) is 7.32. The molecule has 0 amide bonds. The predicted octanol–water partition coefficient (Wildman–Crippen LogP) is 2.49. The molecule has 114 valence electrons. The van der Waals surface area contributed by atoms with Gasteiger partial charge in [-0.05, 0) is 26.0 Å². The van der Waals surface area contributed by atoms with Crippen LogP contribution in [-0.4, -0.2) is 41.4 Å². The number of carbonyl (C=O) groups excluding carboxylic acids is 1. The maximum absolute atomic E-state index is 11.4. The van der Waals surface area contributed by atoms with E-state index in [0.29, 0.717) is 12.6 Å². The van der Waals surface area contributed by atoms with Gasteiger partial charge in [-0.1, -0.05) is 20.8 Å². The third kappa shape index (κ3) is 4.63. The zero-order valence-corrected chi connectivity index (χ0v) is 13.3. The highest BCUT2D eigenvalue weighted by Crippen LogP contribution is 2.15. The number of methoxy groups -OCH3 is 1. The van der Waals surface area contributed by atoms with Crippen molar-refractivity contribution in [2.24, 2.45) is 5.92 Å². The van der Waals surface area contributed by atoms with Crippen molar-refractivity contribution < 1.29 is 9.53 Å². The number of rotatable bonds is 8. The Bertz CT molecular complexity index is 413. The second kappa shape index (κ2) is 8.04. The number of nitrogens with zero attached hydrogens (tertiary/aromatic N) is 3. The van der Waals surface area contributed by atoms with Crippen LogP contribution in [0.1, 0.15) is 45.3 Å². The highest BCUT2D eigenvalue weighted by atomic mass is 16.5. The predicted molar refractivity (Wildman–Crippen MR) is 79.4 cm³/mol. The molecule has 0 saturated heterocycles. The normalized spacial score (nSPS) is 12.9. The second-order valence-electron chi connectivity index (χ2n) is 5.38. The van der Waals surface area contributed by atoms with Crippen molar-refractivity contribution >= 4 is 5.97 Å². The van der Waals surface area contributed by atoms with Gasteiger partial charge >= 0.3 is 5.97 Å². The first-order valence-corrected chi connectivity index (χ1v) is 7.32. The zero-order chi connectivity index (χ0) is 15.1. The first-order chi connectivity index (χ1) is 9.51. The first kappa shape index (κ1) is 16.7. The highest BCUT2D eigenvalue weighted by molar-refractivity contribution is 5.72. The van der Waals surface area contributed by atoms with E-state index in [1.807, 2.05) is 24.9 Å². The average Bonchev–Trinajstić information content (AvgIpc) is 2.87. The summed E-state index contributed by atoms with van der Waals surface area (Å²) in [5.74, 6) is -0.287. The van der Waals surface area contributed by atoms with E-state index in [0.717, 1.165) is 25.1 Å². The van der Waals surface area contributed by atoms with Crippen LogP contribution in [0.4, 0.5) is 0 Å². The largest absolute Gasteiger partial charge is 0.469 e. The topological polar surface area (TPSA) is 47.4 Å². The van der Waals surface area contributed by atoms with Crippen molar-refractivity contribution in [3.05, 3.63) is 18.0 Å². The summed E-state index contributed by atoms with van der Waals surface area (Å²) in [6.45, 7) is 7.66. The van der Waals surface area contributed by atoms with Gasteiger partial charge in [-0.3, -0.25) is 14.4 Å². The summed E-state index contributed by atoms with van der Waals surface area (Å²) < 4.78 is 6.79. The summed E-state index contributed by atoms with van der Waals surface area (Å²) in [7, 11) is 3.42. The smallest absolute Gasteiger partial charge is 0.309 e. The van der Waals surface area contributed by atoms with Gasteiger partial charge in [0.1, 0.15) is 0 Å². The lowest BCUT2D eigenvalue weighted by atomic mass is 10.2. The molecule has 1 atom stereocenters. The zero-order valence-electron chi connectivity index (χ0n) is 13.3. The molecule has 0 aliphatic heterocycles. The molecular formula is C15H27N3O2. The summed E-state index contributed by atoms with van der Waals surface area (Å²) in [4.78, 5) is 13.5. The van der Waals surface area contributed by atoms with Crippen molar-refractivity contribution in [2.75, 3.05) is 20.7 Å². The SMILES string of the molecule is CCC(CC)n1ccc(CN(C)CC(C)C(=O)OC)n1. The van der Waals surface area contributed by atoms with Gasteiger partial charge < -0.3 is 4.74 Å². The van der Waals surface area contributed by atoms with Crippen molar-refractivity contribution in [3.63, 3.8) is 0 Å². The fraction of sp³-hybridized carbons (Fsp3) is 0.733. The lowest BCUT2D eigenvalue weighted by molar-refractivity contribution is -0.145. The number of aromatic nitrogens is 2. The molecule has 0 bridgehead atoms. The molecule has 1 aromatic heterocycles. The second-order valence-corrected chi connectivity index (χ2v) is 5.38. The quantitative estimate of drug-likeness (QED) is 0.687. The van der Waals surface area contributed by atoms with Crippen molar-refractivity contribution in [1.29, 1.82) is 0 Å². The van der Waals surface area contributed by atoms with Gasteiger partial charge in [-0.2, -0.15) is 5.10 Å². The van der Waals surface area contributed by atoms with E-state index in [9.17, 15) is 4.79 Å². The van der Waals surface area contributed by atoms with Gasteiger partial charge in [0.05, 0.1) is 24.8 Å². The minimum atomic E-state index is -0.167. The van der Waals surface area contributed by atoms with Crippen LogP contribution in [0.5, 0.6) is 0 Å². The van der Waals surface area contributed by atoms with E-state index < -0.39 is 0 Å². The molecule has 0 fully saturated rings. The monoisotopic (exact) mass is 281 g/mol. The number of hydrogen-bond donors (Lipinski definition) is 0. The fourth-order valence-electron chi connectivity index (χ4n) is 2.41. The molecule has 1 rings (SSSR count). The summed E-state index contributed by atoms with van der Waals surface area (Å²) in [6, 6.07) is 2.53. The van der Waals surface area contributed by atoms with Gasteiger partial charge in [-0.25, -0.2) is 0 Å². The van der Waals surface area contributed by atoms with E-state index in [2.05, 4.69) is 29.9 Å². The Labute approximate surface area is 121 Å². The summed E-state index contributed by atoms with van der Waals surface area (Å²) in [6.07, 6.45) is 4.23. The van der Waals surface area contributed by atoms with Crippen LogP contribution in [0, 0.1) is 5.92 Å². The van der Waals surface area contributed by atoms with Crippen molar-refractivity contribution in [3.8, 4) is 0 Å². The molecule has 5 nitrogen and oxygen atoms in total. The molecule has 0 aromatic carbocycles. The van der Waals surface area contributed by atoms with Crippen LogP contribution in [-0.2, 0) is 16.1 Å². The van der Waals surface area contributed by atoms with Crippen LogP contribution in [0.3, 0.4) is 0 Å². The van der Waals surface area contributed by atoms with Crippen LogP contribution in [0.2, 0.25) is 0 Å². The van der Waals surface area contributed by atoms with Gasteiger partial charge in [0.15, 0.2) is 0 Å². The Balaban J connectivity index is 2.54. The molecule has 0 N–H and O–H groups in total. The van der Waals surface area contributed by atoms with E-state index in [4.69, 9.17) is 4.74 Å². The van der Waals surface area contributed by atoms with Crippen LogP contribution >= 0.6 is 0 Å². The van der Waals surface area contributed by atoms with Gasteiger partial charge in [0.2, 0.25) is 0 Å². The summed E-state index contributed by atoms with van der Waals surface area (Å²) in [5.41, 5.74) is 1.04. The highest BCUT2D eigenvalue weighted by Gasteiger charge is 2.16. The molecule has 1 unspecified atom stereocenters. The lowest BCUT2D eigenvalue weighted by Gasteiger charge is -2.19. The third-order valence-corrected chi connectivity index (χ3v) is 3.60. The molecule has 0 radical (unpaired) electrons. The van der Waals surface area contributed by atoms with E-state index in [1.165, 1.54) is 7.11 Å². The van der Waals surface area contributed by atoms with Crippen LogP contribution in [0.25, 0.3) is 0 Å². The number of esters is 1. The Morgan fingerprint density at radius 1 is 1.45 bits per heavy atom. The molecular weight excluding hydrogens is 254 g/mol. The van der Waals surface area contributed by atoms with Crippen molar-refractivity contribution in [2.45, 2.75) is 46.2 Å². The molecule has 1 heterocycles. The maximum Gasteiger partial charge on any atom is 0.309 e. The third-order valence-electron chi connectivity index (χ3n) is 3.60.